The molecular formula is C16H19N3O4S. The van der Waals surface area contributed by atoms with Crippen LogP contribution in [0.2, 0.25) is 0 Å². The molecule has 4 rings (SSSR count). The molecule has 0 saturated carbocycles. The Balaban J connectivity index is 1.53. The highest BCUT2D eigenvalue weighted by Crippen LogP contribution is 2.39. The average Bonchev–Trinajstić information content (AvgIpc) is 3.21. The number of rotatable bonds is 3. The fourth-order valence-electron chi connectivity index (χ4n) is 3.54. The number of nitrogens with zero attached hydrogens (tertiary/aromatic N) is 3. The van der Waals surface area contributed by atoms with Crippen LogP contribution in [-0.4, -0.2) is 41.6 Å². The third-order valence-electron chi connectivity index (χ3n) is 4.67. The van der Waals surface area contributed by atoms with Gasteiger partial charge in [0.15, 0.2) is 5.82 Å². The maximum Gasteiger partial charge on any atom is 0.255 e. The molecule has 8 heteroatoms. The van der Waals surface area contributed by atoms with E-state index in [1.54, 1.807) is 35.5 Å². The number of fused-ring (bicyclic) bond motifs is 1. The minimum absolute atomic E-state index is 0.129. The van der Waals surface area contributed by atoms with E-state index in [0.717, 1.165) is 6.42 Å². The largest absolute Gasteiger partial charge is 0.363 e. The highest BCUT2D eigenvalue weighted by atomic mass is 32.2. The van der Waals surface area contributed by atoms with Crippen LogP contribution in [0, 0.1) is 6.92 Å². The van der Waals surface area contributed by atoms with Crippen molar-refractivity contribution in [1.29, 1.82) is 0 Å². The van der Waals surface area contributed by atoms with Crippen LogP contribution in [-0.2, 0) is 14.8 Å². The SMILES string of the molecule is Cc1noc([C@@H]2CC[C@@H]3[C@@H](CCN3S(=O)(=O)c3ccccc3)O2)n1. The molecule has 24 heavy (non-hydrogen) atoms. The molecule has 128 valence electrons. The lowest BCUT2D eigenvalue weighted by Gasteiger charge is -2.34. The van der Waals surface area contributed by atoms with Crippen molar-refractivity contribution in [2.24, 2.45) is 0 Å². The van der Waals surface area contributed by atoms with Crippen LogP contribution in [0.15, 0.2) is 39.8 Å². The fourth-order valence-corrected chi connectivity index (χ4v) is 5.26. The van der Waals surface area contributed by atoms with Crippen molar-refractivity contribution >= 4 is 10.0 Å². The zero-order valence-corrected chi connectivity index (χ0v) is 14.1. The molecule has 2 aliphatic rings. The molecule has 0 unspecified atom stereocenters. The summed E-state index contributed by atoms with van der Waals surface area (Å²) in [5, 5.41) is 3.80. The number of aryl methyl sites for hydroxylation is 1. The van der Waals surface area contributed by atoms with E-state index in [2.05, 4.69) is 10.1 Å². The van der Waals surface area contributed by atoms with Gasteiger partial charge >= 0.3 is 0 Å². The average molecular weight is 349 g/mol. The van der Waals surface area contributed by atoms with Gasteiger partial charge in [-0.15, -0.1) is 0 Å². The van der Waals surface area contributed by atoms with Gasteiger partial charge in [0.25, 0.3) is 5.89 Å². The summed E-state index contributed by atoms with van der Waals surface area (Å²) in [7, 11) is -3.49. The Morgan fingerprint density at radius 1 is 1.17 bits per heavy atom. The topological polar surface area (TPSA) is 85.5 Å². The van der Waals surface area contributed by atoms with Crippen molar-refractivity contribution in [1.82, 2.24) is 14.4 Å². The third-order valence-corrected chi connectivity index (χ3v) is 6.60. The maximum atomic E-state index is 12.9. The van der Waals surface area contributed by atoms with Gasteiger partial charge in [0, 0.05) is 6.54 Å². The van der Waals surface area contributed by atoms with E-state index in [9.17, 15) is 8.42 Å². The van der Waals surface area contributed by atoms with E-state index in [0.29, 0.717) is 36.0 Å². The van der Waals surface area contributed by atoms with Crippen LogP contribution in [0.3, 0.4) is 0 Å². The lowest BCUT2D eigenvalue weighted by Crippen LogP contribution is -2.43. The van der Waals surface area contributed by atoms with E-state index in [1.165, 1.54) is 0 Å². The second-order valence-corrected chi connectivity index (χ2v) is 8.10. The zero-order valence-electron chi connectivity index (χ0n) is 13.3. The minimum Gasteiger partial charge on any atom is -0.363 e. The molecular weight excluding hydrogens is 330 g/mol. The van der Waals surface area contributed by atoms with E-state index in [1.807, 2.05) is 6.07 Å². The van der Waals surface area contributed by atoms with Crippen molar-refractivity contribution in [3.63, 3.8) is 0 Å². The van der Waals surface area contributed by atoms with Gasteiger partial charge in [0.2, 0.25) is 10.0 Å². The van der Waals surface area contributed by atoms with Gasteiger partial charge in [0.1, 0.15) is 6.10 Å². The van der Waals surface area contributed by atoms with Gasteiger partial charge in [-0.25, -0.2) is 8.42 Å². The molecule has 0 aliphatic carbocycles. The van der Waals surface area contributed by atoms with Crippen LogP contribution in [0.5, 0.6) is 0 Å². The van der Waals surface area contributed by atoms with Crippen molar-refractivity contribution in [2.75, 3.05) is 6.54 Å². The summed E-state index contributed by atoms with van der Waals surface area (Å²) in [6, 6.07) is 8.44. The normalized spacial score (nSPS) is 28.0. The molecule has 2 saturated heterocycles. The molecule has 3 atom stereocenters. The van der Waals surface area contributed by atoms with Crippen LogP contribution in [0.1, 0.15) is 37.1 Å². The van der Waals surface area contributed by atoms with Crippen molar-refractivity contribution in [3.8, 4) is 0 Å². The molecule has 0 spiro atoms. The van der Waals surface area contributed by atoms with E-state index in [4.69, 9.17) is 9.26 Å². The summed E-state index contributed by atoms with van der Waals surface area (Å²) >= 11 is 0. The molecule has 0 N–H and O–H groups in total. The highest BCUT2D eigenvalue weighted by molar-refractivity contribution is 7.89. The lowest BCUT2D eigenvalue weighted by molar-refractivity contribution is -0.0753. The molecule has 0 bridgehead atoms. The highest BCUT2D eigenvalue weighted by Gasteiger charge is 2.46. The quantitative estimate of drug-likeness (QED) is 0.843. The van der Waals surface area contributed by atoms with Crippen LogP contribution in [0.4, 0.5) is 0 Å². The Labute approximate surface area is 140 Å². The first-order chi connectivity index (χ1) is 11.6. The monoisotopic (exact) mass is 349 g/mol. The number of sulfonamides is 1. The smallest absolute Gasteiger partial charge is 0.255 e. The zero-order chi connectivity index (χ0) is 16.7. The summed E-state index contributed by atoms with van der Waals surface area (Å²) in [5.74, 6) is 1.06. The van der Waals surface area contributed by atoms with E-state index >= 15 is 0 Å². The first-order valence-electron chi connectivity index (χ1n) is 8.08. The first kappa shape index (κ1) is 15.7. The summed E-state index contributed by atoms with van der Waals surface area (Å²) in [6.07, 6.45) is 1.70. The van der Waals surface area contributed by atoms with Crippen LogP contribution in [0.25, 0.3) is 0 Å². The lowest BCUT2D eigenvalue weighted by atomic mass is 10.00. The second-order valence-electron chi connectivity index (χ2n) is 6.21. The molecule has 1 aromatic heterocycles. The van der Waals surface area contributed by atoms with Gasteiger partial charge in [-0.2, -0.15) is 9.29 Å². The van der Waals surface area contributed by atoms with Crippen LogP contribution >= 0.6 is 0 Å². The third kappa shape index (κ3) is 2.64. The molecule has 2 aromatic rings. The molecule has 1 aromatic carbocycles. The number of hydrogen-bond acceptors (Lipinski definition) is 6. The predicted octanol–water partition coefficient (Wildman–Crippen LogP) is 2.06. The van der Waals surface area contributed by atoms with Crippen molar-refractivity contribution in [3.05, 3.63) is 42.0 Å². The van der Waals surface area contributed by atoms with Gasteiger partial charge in [-0.05, 0) is 38.3 Å². The summed E-state index contributed by atoms with van der Waals surface area (Å²) in [5.41, 5.74) is 0. The Bertz CT molecular complexity index is 821. The molecule has 0 amide bonds. The standard InChI is InChI=1S/C16H19N3O4S/c1-11-17-16(23-18-11)15-8-7-13-14(22-15)9-10-19(13)24(20,21)12-5-3-2-4-6-12/h2-6,13-15H,7-10H2,1H3/t13-,14-,15+/m1/s1. The first-order valence-corrected chi connectivity index (χ1v) is 9.52. The maximum absolute atomic E-state index is 12.9. The summed E-state index contributed by atoms with van der Waals surface area (Å²) < 4.78 is 38.6. The predicted molar refractivity (Wildman–Crippen MR) is 84.6 cm³/mol. The molecule has 0 radical (unpaired) electrons. The Morgan fingerprint density at radius 3 is 2.67 bits per heavy atom. The van der Waals surface area contributed by atoms with Crippen molar-refractivity contribution in [2.45, 2.75) is 49.3 Å². The number of benzene rings is 1. The molecule has 7 nitrogen and oxygen atoms in total. The molecule has 2 fully saturated rings. The number of ether oxygens (including phenoxy) is 1. The minimum atomic E-state index is -3.49. The van der Waals surface area contributed by atoms with Crippen LogP contribution < -0.4 is 0 Å². The summed E-state index contributed by atoms with van der Waals surface area (Å²) in [4.78, 5) is 4.56. The second kappa shape index (κ2) is 5.94. The van der Waals surface area contributed by atoms with Gasteiger partial charge < -0.3 is 9.26 Å². The van der Waals surface area contributed by atoms with E-state index < -0.39 is 10.0 Å². The van der Waals surface area contributed by atoms with Gasteiger partial charge in [-0.1, -0.05) is 23.4 Å². The van der Waals surface area contributed by atoms with Gasteiger partial charge in [0.05, 0.1) is 17.0 Å². The fraction of sp³-hybridized carbons (Fsp3) is 0.500. The summed E-state index contributed by atoms with van der Waals surface area (Å²) in [6.45, 7) is 2.24. The molecule has 2 aliphatic heterocycles. The van der Waals surface area contributed by atoms with Gasteiger partial charge in [-0.3, -0.25) is 0 Å². The number of hydrogen-bond donors (Lipinski definition) is 0. The Kier molecular flexibility index (Phi) is 3.90. The Hall–Kier alpha value is -1.77. The number of aromatic nitrogens is 2. The Morgan fingerprint density at radius 2 is 1.96 bits per heavy atom. The molecule has 3 heterocycles. The van der Waals surface area contributed by atoms with Crippen molar-refractivity contribution < 1.29 is 17.7 Å². The van der Waals surface area contributed by atoms with E-state index in [-0.39, 0.29) is 18.2 Å².